The molecular formula is C4H9N2O3P. The van der Waals surface area contributed by atoms with Crippen LogP contribution in [-0.4, -0.2) is 25.6 Å². The quantitative estimate of drug-likeness (QED) is 0.447. The van der Waals surface area contributed by atoms with Crippen LogP contribution in [0.2, 0.25) is 0 Å². The van der Waals surface area contributed by atoms with Crippen LogP contribution < -0.4 is 0 Å². The Balaban J connectivity index is 3.24. The lowest BCUT2D eigenvalue weighted by Crippen LogP contribution is -1.90. The third-order valence-corrected chi connectivity index (χ3v) is 1.37. The summed E-state index contributed by atoms with van der Waals surface area (Å²) in [6, 6.07) is 0. The van der Waals surface area contributed by atoms with E-state index in [-0.39, 0.29) is 13.2 Å². The third-order valence-electron chi connectivity index (χ3n) is 0.569. The van der Waals surface area contributed by atoms with Crippen molar-refractivity contribution in [3.63, 3.8) is 0 Å². The Morgan fingerprint density at radius 3 is 1.90 bits per heavy atom. The first-order valence-electron chi connectivity index (χ1n) is 2.58. The van der Waals surface area contributed by atoms with E-state index in [1.54, 1.807) is 0 Å². The molecule has 58 valence electrons. The molecule has 0 unspecified atom stereocenters. The molecule has 6 heteroatoms. The van der Waals surface area contributed by atoms with Gasteiger partial charge in [-0.2, -0.15) is 0 Å². The van der Waals surface area contributed by atoms with Crippen molar-refractivity contribution in [2.75, 3.05) is 13.2 Å². The van der Waals surface area contributed by atoms with Crippen LogP contribution >= 0.6 is 8.25 Å². The molecule has 0 radical (unpaired) electrons. The Kier molecular flexibility index (Phi) is 6.27. The fourth-order valence-corrected chi connectivity index (χ4v) is 0.783. The Morgan fingerprint density at radius 2 is 1.60 bits per heavy atom. The molecule has 0 spiro atoms. The summed E-state index contributed by atoms with van der Waals surface area (Å²) in [7, 11) is -2.47. The molecule has 0 aromatic carbocycles. The van der Waals surface area contributed by atoms with Gasteiger partial charge in [-0.1, -0.05) is 0 Å². The number of hydrogen-bond acceptors (Lipinski definition) is 5. The van der Waals surface area contributed by atoms with Crippen molar-refractivity contribution in [1.29, 1.82) is 10.8 Å². The van der Waals surface area contributed by atoms with Gasteiger partial charge in [0.1, 0.15) is 0 Å². The minimum atomic E-state index is -2.47. The molecule has 0 aliphatic heterocycles. The average Bonchev–Trinajstić information content (AvgIpc) is 1.97. The highest BCUT2D eigenvalue weighted by Gasteiger charge is 1.94. The fourth-order valence-electron chi connectivity index (χ4n) is 0.261. The van der Waals surface area contributed by atoms with Gasteiger partial charge in [0.2, 0.25) is 0 Å². The summed E-state index contributed by atoms with van der Waals surface area (Å²) in [4.78, 5) is 0. The summed E-state index contributed by atoms with van der Waals surface area (Å²) in [5.41, 5.74) is 0. The van der Waals surface area contributed by atoms with Crippen LogP contribution in [-0.2, 0) is 13.6 Å². The molecule has 0 atom stereocenters. The van der Waals surface area contributed by atoms with Gasteiger partial charge in [-0.05, 0) is 0 Å². The maximum absolute atomic E-state index is 10.5. The standard InChI is InChI=1S/C4H9N2O3P/c5-1-3-8-10(7)9-4-2-6/h1-2,5-6,10H,3-4H2. The first-order chi connectivity index (χ1) is 4.81. The minimum absolute atomic E-state index is 0.00417. The normalized spacial score (nSPS) is 12.4. The van der Waals surface area contributed by atoms with Gasteiger partial charge in [-0.3, -0.25) is 4.57 Å². The molecule has 0 saturated carbocycles. The molecule has 0 saturated heterocycles. The highest BCUT2D eigenvalue weighted by atomic mass is 31.1. The van der Waals surface area contributed by atoms with Gasteiger partial charge >= 0.3 is 8.25 Å². The molecular weight excluding hydrogens is 155 g/mol. The summed E-state index contributed by atoms with van der Waals surface area (Å²) in [5.74, 6) is 0. The second kappa shape index (κ2) is 6.61. The molecule has 0 aromatic heterocycles. The van der Waals surface area contributed by atoms with Gasteiger partial charge in [-0.25, -0.2) is 0 Å². The highest BCUT2D eigenvalue weighted by molar-refractivity contribution is 7.33. The van der Waals surface area contributed by atoms with E-state index in [1.807, 2.05) is 0 Å². The third kappa shape index (κ3) is 5.62. The predicted octanol–water partition coefficient (Wildman–Crippen LogP) is 0.708. The van der Waals surface area contributed by atoms with Crippen LogP contribution in [0.5, 0.6) is 0 Å². The van der Waals surface area contributed by atoms with E-state index < -0.39 is 8.25 Å². The zero-order valence-corrected chi connectivity index (χ0v) is 6.29. The van der Waals surface area contributed by atoms with Crippen LogP contribution in [0.25, 0.3) is 0 Å². The van der Waals surface area contributed by atoms with Crippen molar-refractivity contribution in [2.45, 2.75) is 0 Å². The number of rotatable bonds is 6. The van der Waals surface area contributed by atoms with Gasteiger partial charge in [0.05, 0.1) is 13.2 Å². The van der Waals surface area contributed by atoms with E-state index >= 15 is 0 Å². The maximum atomic E-state index is 10.5. The van der Waals surface area contributed by atoms with E-state index in [9.17, 15) is 4.57 Å². The monoisotopic (exact) mass is 164 g/mol. The summed E-state index contributed by atoms with van der Waals surface area (Å²) >= 11 is 0. The zero-order valence-electron chi connectivity index (χ0n) is 5.29. The van der Waals surface area contributed by atoms with E-state index in [0.717, 1.165) is 12.4 Å². The first-order valence-corrected chi connectivity index (χ1v) is 3.81. The fraction of sp³-hybridized carbons (Fsp3) is 0.500. The van der Waals surface area contributed by atoms with E-state index in [2.05, 4.69) is 9.05 Å². The molecule has 0 heterocycles. The Bertz CT molecular complexity index is 124. The maximum Gasteiger partial charge on any atom is 0.319 e. The first kappa shape index (κ1) is 9.49. The molecule has 0 aliphatic carbocycles. The lowest BCUT2D eigenvalue weighted by Gasteiger charge is -1.98. The zero-order chi connectivity index (χ0) is 7.82. The van der Waals surface area contributed by atoms with Gasteiger partial charge in [0.25, 0.3) is 0 Å². The van der Waals surface area contributed by atoms with Crippen LogP contribution in [0.15, 0.2) is 0 Å². The molecule has 5 nitrogen and oxygen atoms in total. The lowest BCUT2D eigenvalue weighted by molar-refractivity contribution is 0.274. The SMILES string of the molecule is N=CCO[PH](=O)OCC=N. The molecule has 0 amide bonds. The molecule has 0 aromatic rings. The highest BCUT2D eigenvalue weighted by Crippen LogP contribution is 2.21. The summed E-state index contributed by atoms with van der Waals surface area (Å²) < 4.78 is 19.4. The van der Waals surface area contributed by atoms with Crippen molar-refractivity contribution >= 4 is 20.7 Å². The van der Waals surface area contributed by atoms with Crippen molar-refractivity contribution < 1.29 is 13.6 Å². The topological polar surface area (TPSA) is 83.2 Å². The summed E-state index contributed by atoms with van der Waals surface area (Å²) in [6.45, 7) is -0.00834. The summed E-state index contributed by atoms with van der Waals surface area (Å²) in [6.07, 6.45) is 1.96. The van der Waals surface area contributed by atoms with Gasteiger partial charge < -0.3 is 19.9 Å². The second-order valence-electron chi connectivity index (χ2n) is 1.28. The average molecular weight is 164 g/mol. The van der Waals surface area contributed by atoms with Crippen molar-refractivity contribution in [2.24, 2.45) is 0 Å². The van der Waals surface area contributed by atoms with Crippen molar-refractivity contribution in [3.05, 3.63) is 0 Å². The second-order valence-corrected chi connectivity index (χ2v) is 2.36. The van der Waals surface area contributed by atoms with Gasteiger partial charge in [0, 0.05) is 12.4 Å². The molecule has 0 aliphatic rings. The van der Waals surface area contributed by atoms with E-state index in [1.165, 1.54) is 0 Å². The minimum Gasteiger partial charge on any atom is -0.311 e. The van der Waals surface area contributed by atoms with Crippen molar-refractivity contribution in [1.82, 2.24) is 0 Å². The van der Waals surface area contributed by atoms with Crippen LogP contribution in [0.1, 0.15) is 0 Å². The smallest absolute Gasteiger partial charge is 0.311 e. The van der Waals surface area contributed by atoms with E-state index in [4.69, 9.17) is 10.8 Å². The van der Waals surface area contributed by atoms with Gasteiger partial charge in [-0.15, -0.1) is 0 Å². The Hall–Kier alpha value is -0.510. The molecule has 0 fully saturated rings. The summed E-state index contributed by atoms with van der Waals surface area (Å²) in [5, 5.41) is 13.0. The van der Waals surface area contributed by atoms with Gasteiger partial charge in [0.15, 0.2) is 0 Å². The molecule has 0 rings (SSSR count). The van der Waals surface area contributed by atoms with Crippen LogP contribution in [0.3, 0.4) is 0 Å². The molecule has 0 bridgehead atoms. The van der Waals surface area contributed by atoms with Crippen LogP contribution in [0.4, 0.5) is 0 Å². The predicted molar refractivity (Wildman–Crippen MR) is 38.5 cm³/mol. The van der Waals surface area contributed by atoms with E-state index in [0.29, 0.717) is 0 Å². The Labute approximate surface area is 59.3 Å². The molecule has 10 heavy (non-hydrogen) atoms. The molecule has 2 N–H and O–H groups in total. The number of nitrogens with one attached hydrogen (secondary N) is 2. The Morgan fingerprint density at radius 1 is 1.20 bits per heavy atom. The number of hydrogen-bond donors (Lipinski definition) is 2. The van der Waals surface area contributed by atoms with Crippen LogP contribution in [0, 0.1) is 10.8 Å². The van der Waals surface area contributed by atoms with Crippen molar-refractivity contribution in [3.8, 4) is 0 Å². The largest absolute Gasteiger partial charge is 0.319 e. The lowest BCUT2D eigenvalue weighted by atomic mass is 10.8.